The third-order valence-corrected chi connectivity index (χ3v) is 2.25. The molecule has 1 aromatic carbocycles. The highest BCUT2D eigenvalue weighted by atomic mass is 35.5. The lowest BCUT2D eigenvalue weighted by molar-refractivity contribution is -0.121. The van der Waals surface area contributed by atoms with Crippen molar-refractivity contribution in [2.24, 2.45) is 5.84 Å². The maximum absolute atomic E-state index is 13.2. The van der Waals surface area contributed by atoms with Crippen LogP contribution < -0.4 is 11.3 Å². The summed E-state index contributed by atoms with van der Waals surface area (Å²) in [6.45, 7) is 0. The van der Waals surface area contributed by atoms with Crippen molar-refractivity contribution in [2.45, 2.75) is 19.3 Å². The summed E-state index contributed by atoms with van der Waals surface area (Å²) in [5.41, 5.74) is 2.54. The Morgan fingerprint density at radius 2 is 2.27 bits per heavy atom. The zero-order valence-electron chi connectivity index (χ0n) is 8.09. The maximum Gasteiger partial charge on any atom is 0.233 e. The molecular weight excluding hydrogens is 219 g/mol. The van der Waals surface area contributed by atoms with Gasteiger partial charge in [-0.3, -0.25) is 10.2 Å². The molecule has 0 fully saturated rings. The van der Waals surface area contributed by atoms with Gasteiger partial charge < -0.3 is 0 Å². The van der Waals surface area contributed by atoms with E-state index in [1.54, 1.807) is 6.07 Å². The molecule has 82 valence electrons. The fourth-order valence-electron chi connectivity index (χ4n) is 1.25. The van der Waals surface area contributed by atoms with E-state index in [-0.39, 0.29) is 18.1 Å². The molecule has 3 nitrogen and oxygen atoms in total. The highest BCUT2D eigenvalue weighted by Gasteiger charge is 2.04. The van der Waals surface area contributed by atoms with Crippen LogP contribution in [0.4, 0.5) is 4.39 Å². The summed E-state index contributed by atoms with van der Waals surface area (Å²) in [6, 6.07) is 4.38. The van der Waals surface area contributed by atoms with Gasteiger partial charge in [0, 0.05) is 11.4 Å². The second-order valence-corrected chi connectivity index (χ2v) is 3.59. The van der Waals surface area contributed by atoms with Crippen molar-refractivity contribution in [1.29, 1.82) is 0 Å². The van der Waals surface area contributed by atoms with Gasteiger partial charge in [-0.05, 0) is 36.6 Å². The first-order valence-corrected chi connectivity index (χ1v) is 4.94. The molecule has 0 spiro atoms. The van der Waals surface area contributed by atoms with E-state index in [0.717, 1.165) is 0 Å². The van der Waals surface area contributed by atoms with Crippen molar-refractivity contribution in [3.05, 3.63) is 34.6 Å². The molecule has 0 unspecified atom stereocenters. The van der Waals surface area contributed by atoms with Crippen molar-refractivity contribution in [3.63, 3.8) is 0 Å². The van der Waals surface area contributed by atoms with E-state index in [1.807, 2.05) is 5.43 Å². The van der Waals surface area contributed by atoms with Crippen LogP contribution in [0, 0.1) is 5.82 Å². The van der Waals surface area contributed by atoms with Crippen molar-refractivity contribution >= 4 is 17.5 Å². The number of nitrogens with one attached hydrogen (secondary N) is 1. The highest BCUT2D eigenvalue weighted by Crippen LogP contribution is 2.16. The Morgan fingerprint density at radius 1 is 1.53 bits per heavy atom. The number of benzene rings is 1. The Bertz CT molecular complexity index is 357. The molecule has 0 aromatic heterocycles. The van der Waals surface area contributed by atoms with Gasteiger partial charge in [-0.1, -0.05) is 11.6 Å². The standard InChI is InChI=1S/C10H12ClFN2O/c11-8-4-5-9(12)7(6-8)2-1-3-10(15)14-13/h4-6H,1-3,13H2,(H,14,15). The number of carbonyl (C=O) groups is 1. The smallest absolute Gasteiger partial charge is 0.233 e. The van der Waals surface area contributed by atoms with E-state index >= 15 is 0 Å². The first-order valence-electron chi connectivity index (χ1n) is 4.57. The number of rotatable bonds is 4. The molecule has 1 rings (SSSR count). The lowest BCUT2D eigenvalue weighted by Gasteiger charge is -2.03. The second kappa shape index (κ2) is 5.68. The van der Waals surface area contributed by atoms with Crippen LogP contribution in [0.1, 0.15) is 18.4 Å². The summed E-state index contributed by atoms with van der Waals surface area (Å²) < 4.78 is 13.2. The second-order valence-electron chi connectivity index (χ2n) is 3.16. The molecule has 1 aromatic rings. The minimum absolute atomic E-state index is 0.252. The molecule has 0 saturated carbocycles. The van der Waals surface area contributed by atoms with Gasteiger partial charge >= 0.3 is 0 Å². The van der Waals surface area contributed by atoms with E-state index in [4.69, 9.17) is 17.4 Å². The van der Waals surface area contributed by atoms with Crippen LogP contribution in [-0.2, 0) is 11.2 Å². The van der Waals surface area contributed by atoms with Gasteiger partial charge in [0.15, 0.2) is 0 Å². The number of halogens is 2. The van der Waals surface area contributed by atoms with Gasteiger partial charge in [-0.2, -0.15) is 0 Å². The van der Waals surface area contributed by atoms with Crippen molar-refractivity contribution in [3.8, 4) is 0 Å². The molecule has 15 heavy (non-hydrogen) atoms. The molecule has 5 heteroatoms. The third-order valence-electron chi connectivity index (χ3n) is 2.02. The first kappa shape index (κ1) is 11.9. The number of aryl methyl sites for hydroxylation is 1. The average molecular weight is 231 g/mol. The molecule has 0 heterocycles. The predicted octanol–water partition coefficient (Wildman–Crippen LogP) is 1.79. The molecule has 0 radical (unpaired) electrons. The molecule has 0 aliphatic carbocycles. The molecule has 0 saturated heterocycles. The van der Waals surface area contributed by atoms with Gasteiger partial charge in [0.05, 0.1) is 0 Å². The van der Waals surface area contributed by atoms with Crippen LogP contribution >= 0.6 is 11.6 Å². The normalized spacial score (nSPS) is 10.1. The zero-order chi connectivity index (χ0) is 11.3. The van der Waals surface area contributed by atoms with Gasteiger partial charge in [-0.15, -0.1) is 0 Å². The summed E-state index contributed by atoms with van der Waals surface area (Å²) in [7, 11) is 0. The van der Waals surface area contributed by atoms with E-state index < -0.39 is 0 Å². The lowest BCUT2D eigenvalue weighted by atomic mass is 10.1. The average Bonchev–Trinajstić information content (AvgIpc) is 2.23. The summed E-state index contributed by atoms with van der Waals surface area (Å²) in [5.74, 6) is 4.36. The molecule has 3 N–H and O–H groups in total. The van der Waals surface area contributed by atoms with Crippen molar-refractivity contribution in [1.82, 2.24) is 5.43 Å². The maximum atomic E-state index is 13.2. The molecular formula is C10H12ClFN2O. The van der Waals surface area contributed by atoms with Crippen LogP contribution in [-0.4, -0.2) is 5.91 Å². The summed E-state index contributed by atoms with van der Waals surface area (Å²) in [6.07, 6.45) is 1.29. The lowest BCUT2D eigenvalue weighted by Crippen LogP contribution is -2.29. The first-order chi connectivity index (χ1) is 7.13. The Kier molecular flexibility index (Phi) is 4.52. The monoisotopic (exact) mass is 230 g/mol. The Balaban J connectivity index is 2.50. The van der Waals surface area contributed by atoms with Gasteiger partial charge in [0.1, 0.15) is 5.82 Å². The number of amides is 1. The zero-order valence-corrected chi connectivity index (χ0v) is 8.85. The fourth-order valence-corrected chi connectivity index (χ4v) is 1.44. The van der Waals surface area contributed by atoms with Gasteiger partial charge in [0.25, 0.3) is 0 Å². The summed E-state index contributed by atoms with van der Waals surface area (Å²) in [5, 5.41) is 0.495. The SMILES string of the molecule is NNC(=O)CCCc1cc(Cl)ccc1F. The van der Waals surface area contributed by atoms with Crippen molar-refractivity contribution in [2.75, 3.05) is 0 Å². The molecule has 0 bridgehead atoms. The van der Waals surface area contributed by atoms with Crippen LogP contribution in [0.2, 0.25) is 5.02 Å². The predicted molar refractivity (Wildman–Crippen MR) is 56.7 cm³/mol. The molecule has 1 amide bonds. The Hall–Kier alpha value is -1.13. The molecule has 0 atom stereocenters. The van der Waals surface area contributed by atoms with Crippen LogP contribution in [0.25, 0.3) is 0 Å². The fraction of sp³-hybridized carbons (Fsp3) is 0.300. The van der Waals surface area contributed by atoms with Gasteiger partial charge in [-0.25, -0.2) is 10.2 Å². The number of nitrogens with two attached hydrogens (primary N) is 1. The Labute approximate surface area is 92.4 Å². The third kappa shape index (κ3) is 3.85. The Morgan fingerprint density at radius 3 is 2.93 bits per heavy atom. The van der Waals surface area contributed by atoms with Gasteiger partial charge in [0.2, 0.25) is 5.91 Å². The number of carbonyl (C=O) groups excluding carboxylic acids is 1. The molecule has 0 aliphatic heterocycles. The van der Waals surface area contributed by atoms with E-state index in [2.05, 4.69) is 0 Å². The topological polar surface area (TPSA) is 55.1 Å². The van der Waals surface area contributed by atoms with E-state index in [1.165, 1.54) is 12.1 Å². The van der Waals surface area contributed by atoms with Crippen LogP contribution in [0.5, 0.6) is 0 Å². The number of hydrogen-bond acceptors (Lipinski definition) is 2. The number of hydrazine groups is 1. The minimum atomic E-state index is -0.299. The van der Waals surface area contributed by atoms with Crippen molar-refractivity contribution < 1.29 is 9.18 Å². The quantitative estimate of drug-likeness (QED) is 0.471. The number of hydrogen-bond donors (Lipinski definition) is 2. The van der Waals surface area contributed by atoms with E-state index in [0.29, 0.717) is 23.4 Å². The summed E-state index contributed by atoms with van der Waals surface area (Å²) in [4.78, 5) is 10.8. The largest absolute Gasteiger partial charge is 0.294 e. The van der Waals surface area contributed by atoms with Crippen LogP contribution in [0.15, 0.2) is 18.2 Å². The molecule has 0 aliphatic rings. The van der Waals surface area contributed by atoms with E-state index in [9.17, 15) is 9.18 Å². The summed E-state index contributed by atoms with van der Waals surface area (Å²) >= 11 is 5.72. The highest BCUT2D eigenvalue weighted by molar-refractivity contribution is 6.30. The van der Waals surface area contributed by atoms with Crippen LogP contribution in [0.3, 0.4) is 0 Å². The minimum Gasteiger partial charge on any atom is -0.294 e.